The number of unbranched alkanes of at least 4 members (excludes halogenated alkanes) is 18. The molecule has 1 rings (SSSR count). The second-order valence-corrected chi connectivity index (χ2v) is 22.2. The molecule has 0 spiro atoms. The van der Waals surface area contributed by atoms with Crippen molar-refractivity contribution in [1.29, 1.82) is 0 Å². The Bertz CT molecular complexity index is 1170. The van der Waals surface area contributed by atoms with Gasteiger partial charge in [-0.3, -0.25) is 9.59 Å². The molecule has 2 atom stereocenters. The quantitative estimate of drug-likeness (QED) is 0.0197. The molecule has 1 fully saturated rings. The maximum atomic E-state index is 13.2. The topological polar surface area (TPSA) is 135 Å². The Kier molecular flexibility index (Phi) is 49.3. The average Bonchev–Trinajstić information content (AvgIpc) is 3.64. The maximum Gasteiger partial charge on any atom is 0.409 e. The molecule has 0 saturated carbocycles. The highest BCUT2D eigenvalue weighted by Gasteiger charge is 2.16. The smallest absolute Gasteiger partial charge is 0.409 e. The number of nitrogens with zero attached hydrogens (tertiary/aromatic N) is 2. The van der Waals surface area contributed by atoms with Gasteiger partial charge in [0.15, 0.2) is 0 Å². The van der Waals surface area contributed by atoms with Gasteiger partial charge in [-0.25, -0.2) is 4.79 Å². The standard InChI is InChI=1S/C57H106N2O9S2/c1-3-5-7-23-35-53(60)37-25-17-13-9-11-15-19-27-39-55(62)66-46-33-31-43-59(57(64)68-50-52-70-69-51-49-65-48-45-58-41-29-21-22-30-42-58)44-32-34-47-67-56(63)40-28-20-16-12-10-14-18-26-38-54(61)36-24-8-6-4-2/h17-18,25-26,53-54,60-61H,3-16,19-24,27-52H2,1-2H3/b25-17-,26-18-/t53-,54-/m1/s1. The van der Waals surface area contributed by atoms with Crippen molar-refractivity contribution in [1.82, 2.24) is 9.80 Å². The number of amides is 1. The fourth-order valence-corrected chi connectivity index (χ4v) is 10.1. The van der Waals surface area contributed by atoms with E-state index in [1.165, 1.54) is 77.3 Å². The lowest BCUT2D eigenvalue weighted by Gasteiger charge is -2.22. The molecule has 1 heterocycles. The summed E-state index contributed by atoms with van der Waals surface area (Å²) >= 11 is 0. The Balaban J connectivity index is 2.26. The lowest BCUT2D eigenvalue weighted by Crippen LogP contribution is -2.34. The summed E-state index contributed by atoms with van der Waals surface area (Å²) in [5.74, 6) is 1.29. The second kappa shape index (κ2) is 52.1. The van der Waals surface area contributed by atoms with E-state index in [2.05, 4.69) is 43.1 Å². The molecule has 0 radical (unpaired) electrons. The number of aliphatic hydroxyl groups excluding tert-OH is 2. The van der Waals surface area contributed by atoms with E-state index in [1.54, 1.807) is 26.5 Å². The predicted octanol–water partition coefficient (Wildman–Crippen LogP) is 14.4. The van der Waals surface area contributed by atoms with Crippen LogP contribution in [-0.2, 0) is 28.5 Å². The molecule has 0 aromatic carbocycles. The Morgan fingerprint density at radius 1 is 0.514 bits per heavy atom. The van der Waals surface area contributed by atoms with Gasteiger partial charge in [-0.1, -0.05) is 162 Å². The van der Waals surface area contributed by atoms with Crippen molar-refractivity contribution in [2.24, 2.45) is 0 Å². The van der Waals surface area contributed by atoms with Gasteiger partial charge in [0, 0.05) is 44.0 Å². The molecule has 1 saturated heterocycles. The summed E-state index contributed by atoms with van der Waals surface area (Å²) in [6.45, 7) is 11.4. The van der Waals surface area contributed by atoms with E-state index in [1.807, 2.05) is 0 Å². The predicted molar refractivity (Wildman–Crippen MR) is 296 cm³/mol. The maximum absolute atomic E-state index is 13.2. The van der Waals surface area contributed by atoms with E-state index < -0.39 is 0 Å². The highest BCUT2D eigenvalue weighted by Crippen LogP contribution is 2.21. The summed E-state index contributed by atoms with van der Waals surface area (Å²) in [4.78, 5) is 42.2. The first-order valence-corrected chi connectivity index (χ1v) is 31.3. The van der Waals surface area contributed by atoms with E-state index in [0.29, 0.717) is 77.2 Å². The molecule has 1 amide bonds. The fraction of sp³-hybridized carbons (Fsp3) is 0.877. The van der Waals surface area contributed by atoms with E-state index in [9.17, 15) is 24.6 Å². The number of esters is 2. The molecule has 0 bridgehead atoms. The summed E-state index contributed by atoms with van der Waals surface area (Å²) < 4.78 is 22.6. The Hall–Kier alpha value is -1.77. The molecule has 0 unspecified atom stereocenters. The number of ether oxygens (including phenoxy) is 4. The largest absolute Gasteiger partial charge is 0.466 e. The van der Waals surface area contributed by atoms with Crippen molar-refractivity contribution in [2.45, 2.75) is 244 Å². The van der Waals surface area contributed by atoms with Crippen LogP contribution in [0.3, 0.4) is 0 Å². The average molecular weight is 1030 g/mol. The van der Waals surface area contributed by atoms with Crippen molar-refractivity contribution in [3.63, 3.8) is 0 Å². The molecule has 0 aliphatic carbocycles. The minimum absolute atomic E-state index is 0.156. The van der Waals surface area contributed by atoms with E-state index in [0.717, 1.165) is 141 Å². The summed E-state index contributed by atoms with van der Waals surface area (Å²) in [5.41, 5.74) is 0. The van der Waals surface area contributed by atoms with Crippen LogP contribution in [0.25, 0.3) is 0 Å². The van der Waals surface area contributed by atoms with Gasteiger partial charge >= 0.3 is 18.0 Å². The molecular weight excluding hydrogens is 921 g/mol. The van der Waals surface area contributed by atoms with Gasteiger partial charge in [-0.05, 0) is 116 Å². The first kappa shape index (κ1) is 66.2. The van der Waals surface area contributed by atoms with E-state index >= 15 is 0 Å². The van der Waals surface area contributed by atoms with Crippen molar-refractivity contribution < 1.29 is 43.5 Å². The summed E-state index contributed by atoms with van der Waals surface area (Å²) in [6.07, 6.45) is 42.2. The molecule has 13 heteroatoms. The van der Waals surface area contributed by atoms with E-state index in [-0.39, 0.29) is 30.2 Å². The SMILES string of the molecule is CCCCCC[C@@H](O)C/C=C\CCCCCCCC(=O)OCCCCN(CCCCOC(=O)CCCCCCC/C=C\C[C@H](O)CCCCCC)C(=O)OCCSSCCOCCN1CCCCCC1. The molecule has 2 N–H and O–H groups in total. The van der Waals surface area contributed by atoms with Gasteiger partial charge in [-0.2, -0.15) is 0 Å². The third-order valence-electron chi connectivity index (χ3n) is 12.9. The molecule has 70 heavy (non-hydrogen) atoms. The van der Waals surface area contributed by atoms with Gasteiger partial charge in [-0.15, -0.1) is 0 Å². The summed E-state index contributed by atoms with van der Waals surface area (Å²) in [7, 11) is 3.44. The molecule has 11 nitrogen and oxygen atoms in total. The molecule has 0 aromatic rings. The first-order valence-electron chi connectivity index (χ1n) is 28.8. The highest BCUT2D eigenvalue weighted by atomic mass is 33.1. The fourth-order valence-electron chi connectivity index (χ4n) is 8.46. The lowest BCUT2D eigenvalue weighted by atomic mass is 10.1. The van der Waals surface area contributed by atoms with Crippen LogP contribution >= 0.6 is 21.6 Å². The van der Waals surface area contributed by atoms with Crippen LogP contribution in [0.2, 0.25) is 0 Å². The van der Waals surface area contributed by atoms with Crippen LogP contribution in [0.1, 0.15) is 232 Å². The number of likely N-dealkylation sites (tertiary alicyclic amines) is 1. The zero-order valence-electron chi connectivity index (χ0n) is 45.0. The summed E-state index contributed by atoms with van der Waals surface area (Å²) in [5, 5.41) is 20.2. The van der Waals surface area contributed by atoms with Gasteiger partial charge in [0.2, 0.25) is 0 Å². The zero-order chi connectivity index (χ0) is 50.6. The second-order valence-electron chi connectivity index (χ2n) is 19.5. The van der Waals surface area contributed by atoms with Crippen LogP contribution in [-0.4, -0.2) is 128 Å². The summed E-state index contributed by atoms with van der Waals surface area (Å²) in [6, 6.07) is 0. The van der Waals surface area contributed by atoms with Gasteiger partial charge in [0.1, 0.15) is 6.61 Å². The van der Waals surface area contributed by atoms with Gasteiger partial charge < -0.3 is 39.0 Å². The molecule has 0 aromatic heterocycles. The van der Waals surface area contributed by atoms with Crippen molar-refractivity contribution in [3.05, 3.63) is 24.3 Å². The van der Waals surface area contributed by atoms with Crippen LogP contribution in [0.4, 0.5) is 4.79 Å². The minimum Gasteiger partial charge on any atom is -0.466 e. The molecule has 1 aliphatic heterocycles. The Labute approximate surface area is 436 Å². The Morgan fingerprint density at radius 3 is 1.50 bits per heavy atom. The van der Waals surface area contributed by atoms with Crippen LogP contribution in [0.15, 0.2) is 24.3 Å². The molecular formula is C57H106N2O9S2. The van der Waals surface area contributed by atoms with Crippen molar-refractivity contribution in [3.8, 4) is 0 Å². The third kappa shape index (κ3) is 46.0. The van der Waals surface area contributed by atoms with Crippen molar-refractivity contribution in [2.75, 3.05) is 77.3 Å². The number of carbonyl (C=O) groups is 3. The number of hydrogen-bond donors (Lipinski definition) is 2. The molecule has 1 aliphatic rings. The number of aliphatic hydroxyl groups is 2. The number of carbonyl (C=O) groups excluding carboxylic acids is 3. The van der Waals surface area contributed by atoms with E-state index in [4.69, 9.17) is 18.9 Å². The Morgan fingerprint density at radius 2 is 0.986 bits per heavy atom. The van der Waals surface area contributed by atoms with Crippen molar-refractivity contribution >= 4 is 39.6 Å². The monoisotopic (exact) mass is 1030 g/mol. The normalized spacial score (nSPS) is 14.3. The number of rotatable bonds is 50. The first-order chi connectivity index (χ1) is 34.3. The van der Waals surface area contributed by atoms with Crippen LogP contribution in [0.5, 0.6) is 0 Å². The van der Waals surface area contributed by atoms with Gasteiger partial charge in [0.25, 0.3) is 0 Å². The van der Waals surface area contributed by atoms with Gasteiger partial charge in [0.05, 0.1) is 38.6 Å². The zero-order valence-corrected chi connectivity index (χ0v) is 46.6. The number of allylic oxidation sites excluding steroid dienone is 2. The highest BCUT2D eigenvalue weighted by molar-refractivity contribution is 8.76. The third-order valence-corrected chi connectivity index (χ3v) is 15.2. The van der Waals surface area contributed by atoms with Crippen LogP contribution in [0, 0.1) is 0 Å². The molecule has 410 valence electrons. The van der Waals surface area contributed by atoms with Crippen LogP contribution < -0.4 is 0 Å². The number of hydrogen-bond acceptors (Lipinski definition) is 12. The lowest BCUT2D eigenvalue weighted by molar-refractivity contribution is -0.144. The minimum atomic E-state index is -0.331.